The minimum absolute atomic E-state index is 0.364. The molecule has 0 heterocycles. The van der Waals surface area contributed by atoms with Crippen LogP contribution >= 0.6 is 7.75 Å². The Labute approximate surface area is 392 Å². The third-order valence-electron chi connectivity index (χ3n) is 13.9. The molecule has 374 valence electrons. The highest BCUT2D eigenvalue weighted by Crippen LogP contribution is 2.46. The third-order valence-corrected chi connectivity index (χ3v) is 15.5. The quantitative estimate of drug-likeness (QED) is 0.0488. The molecule has 0 spiro atoms. The van der Waals surface area contributed by atoms with Crippen LogP contribution in [0.25, 0.3) is 0 Å². The fraction of sp³-hybridized carbons (Fsp3) is 1.00. The van der Waals surface area contributed by atoms with E-state index in [0.717, 1.165) is 32.1 Å². The van der Waals surface area contributed by atoms with Crippen LogP contribution in [0, 0.1) is 0 Å². The number of rotatable bonds is 56. The predicted octanol–water partition coefficient (Wildman–Crippen LogP) is 21.4. The molecule has 0 aliphatic rings. The van der Waals surface area contributed by atoms with Crippen LogP contribution in [0.1, 0.15) is 348 Å². The first-order valence-corrected chi connectivity index (χ1v) is 30.8. The lowest BCUT2D eigenvalue weighted by atomic mass is 10.0. The number of hydrogen-bond acceptors (Lipinski definition) is 2. The van der Waals surface area contributed by atoms with Gasteiger partial charge in [0.1, 0.15) is 0 Å². The zero-order chi connectivity index (χ0) is 45.0. The molecule has 0 aliphatic carbocycles. The zero-order valence-corrected chi connectivity index (χ0v) is 44.2. The van der Waals surface area contributed by atoms with Crippen molar-refractivity contribution in [3.63, 3.8) is 0 Å². The minimum Gasteiger partial charge on any atom is -0.312 e. The van der Waals surface area contributed by atoms with E-state index < -0.39 is 7.75 Å². The van der Waals surface area contributed by atoms with Crippen molar-refractivity contribution in [2.45, 2.75) is 348 Å². The van der Waals surface area contributed by atoms with Crippen molar-refractivity contribution in [1.29, 1.82) is 0 Å². The van der Waals surface area contributed by atoms with Crippen molar-refractivity contribution >= 4 is 7.75 Å². The summed E-state index contributed by atoms with van der Waals surface area (Å²) >= 11 is 0. The molecule has 1 atom stereocenters. The maximum atomic E-state index is 13.1. The molecule has 0 aromatic carbocycles. The molecule has 0 radical (unpaired) electrons. The van der Waals surface area contributed by atoms with Crippen LogP contribution in [0.15, 0.2) is 0 Å². The van der Waals surface area contributed by atoms with Gasteiger partial charge in [-0.2, -0.15) is 0 Å². The average Bonchev–Trinajstić information content (AvgIpc) is 3.27. The first-order chi connectivity index (χ1) is 30.6. The lowest BCUT2D eigenvalue weighted by Crippen LogP contribution is -2.24. The molecule has 0 bridgehead atoms. The molecular weight excluding hydrogens is 778 g/mol. The van der Waals surface area contributed by atoms with Gasteiger partial charge in [0.15, 0.2) is 0 Å². The molecule has 0 saturated heterocycles. The van der Waals surface area contributed by atoms with Crippen LogP contribution in [0.2, 0.25) is 0 Å². The second-order valence-corrected chi connectivity index (χ2v) is 22.1. The molecule has 1 N–H and O–H groups in total. The number of unbranched alkanes of at least 4 members (excludes halogenated alkanes) is 48. The Morgan fingerprint density at radius 3 is 0.597 bits per heavy atom. The van der Waals surface area contributed by atoms with E-state index in [1.165, 1.54) is 295 Å². The summed E-state index contributed by atoms with van der Waals surface area (Å²) in [6.07, 6.45) is 70.5. The van der Waals surface area contributed by atoms with E-state index in [9.17, 15) is 9.46 Å². The van der Waals surface area contributed by atoms with Gasteiger partial charge in [-0.1, -0.05) is 329 Å². The highest BCUT2D eigenvalue weighted by Gasteiger charge is 2.28. The van der Waals surface area contributed by atoms with Gasteiger partial charge in [0.25, 0.3) is 0 Å². The maximum Gasteiger partial charge on any atom is 0.405 e. The Balaban J connectivity index is 3.62. The molecule has 5 heteroatoms. The van der Waals surface area contributed by atoms with E-state index in [0.29, 0.717) is 19.7 Å². The fourth-order valence-electron chi connectivity index (χ4n) is 9.52. The van der Waals surface area contributed by atoms with Crippen molar-refractivity contribution in [2.24, 2.45) is 0 Å². The Morgan fingerprint density at radius 2 is 0.435 bits per heavy atom. The van der Waals surface area contributed by atoms with Crippen molar-refractivity contribution in [3.05, 3.63) is 0 Å². The van der Waals surface area contributed by atoms with Crippen LogP contribution in [-0.4, -0.2) is 29.3 Å². The largest absolute Gasteiger partial charge is 0.405 e. The molecule has 62 heavy (non-hydrogen) atoms. The summed E-state index contributed by atoms with van der Waals surface area (Å²) in [7, 11) is -3.68. The van der Waals surface area contributed by atoms with Gasteiger partial charge in [-0.05, 0) is 19.3 Å². The van der Waals surface area contributed by atoms with Crippen molar-refractivity contribution in [3.8, 4) is 0 Å². The van der Waals surface area contributed by atoms with Crippen LogP contribution in [0.3, 0.4) is 0 Å². The Morgan fingerprint density at radius 1 is 0.274 bits per heavy atom. The SMILES string of the molecule is CCCCCCCCCCCCCCCCCCCCCCCCCCCN(CCCCCCCCCCCCCCCCCCCCCCCCCCC)P(=O)(O)OCCC. The van der Waals surface area contributed by atoms with Crippen LogP contribution in [0.5, 0.6) is 0 Å². The summed E-state index contributed by atoms with van der Waals surface area (Å²) in [5.74, 6) is 0. The summed E-state index contributed by atoms with van der Waals surface area (Å²) in [6.45, 7) is 8.36. The normalized spacial score (nSPS) is 12.9. The van der Waals surface area contributed by atoms with Crippen molar-refractivity contribution in [1.82, 2.24) is 4.67 Å². The van der Waals surface area contributed by atoms with Gasteiger partial charge < -0.3 is 4.89 Å². The van der Waals surface area contributed by atoms with Gasteiger partial charge in [0.2, 0.25) is 0 Å². The van der Waals surface area contributed by atoms with Crippen molar-refractivity contribution < 1.29 is 14.0 Å². The smallest absolute Gasteiger partial charge is 0.312 e. The summed E-state index contributed by atoms with van der Waals surface area (Å²) in [5.41, 5.74) is 0. The van der Waals surface area contributed by atoms with E-state index in [2.05, 4.69) is 13.8 Å². The van der Waals surface area contributed by atoms with Gasteiger partial charge in [0.05, 0.1) is 6.61 Å². The molecule has 0 aromatic heterocycles. The first-order valence-electron chi connectivity index (χ1n) is 29.3. The van der Waals surface area contributed by atoms with E-state index in [-0.39, 0.29) is 0 Å². The zero-order valence-electron chi connectivity index (χ0n) is 43.3. The second kappa shape index (κ2) is 53.7. The Hall–Kier alpha value is 0.110. The minimum atomic E-state index is -3.68. The standard InChI is InChI=1S/C57H118NO3P/c1-4-7-9-11-13-15-17-19-21-23-25-27-29-31-33-35-37-39-41-43-45-47-49-51-53-55-58(62(59,60)61-57-6-3)56-54-52-50-48-46-44-42-40-38-36-34-32-30-28-26-24-22-20-18-16-14-12-10-8-5-2/h4-57H2,1-3H3,(H,59,60). The maximum absolute atomic E-state index is 13.1. The average molecular weight is 897 g/mol. The number of nitrogens with zero attached hydrogens (tertiary/aromatic N) is 1. The fourth-order valence-corrected chi connectivity index (χ4v) is 10.9. The molecule has 0 aliphatic heterocycles. The molecule has 0 aromatic rings. The van der Waals surface area contributed by atoms with Crippen LogP contribution < -0.4 is 0 Å². The molecule has 0 saturated carbocycles. The molecule has 0 rings (SSSR count). The molecular formula is C57H118NO3P. The van der Waals surface area contributed by atoms with E-state index in [1.807, 2.05) is 6.92 Å². The van der Waals surface area contributed by atoms with Gasteiger partial charge in [-0.15, -0.1) is 0 Å². The van der Waals surface area contributed by atoms with Gasteiger partial charge in [-0.3, -0.25) is 4.52 Å². The number of hydrogen-bond donors (Lipinski definition) is 1. The topological polar surface area (TPSA) is 49.8 Å². The second-order valence-electron chi connectivity index (χ2n) is 20.2. The first kappa shape index (κ1) is 62.1. The predicted molar refractivity (Wildman–Crippen MR) is 280 cm³/mol. The molecule has 0 fully saturated rings. The van der Waals surface area contributed by atoms with Crippen LogP contribution in [0.4, 0.5) is 0 Å². The van der Waals surface area contributed by atoms with E-state index in [4.69, 9.17) is 4.52 Å². The van der Waals surface area contributed by atoms with Gasteiger partial charge in [-0.25, -0.2) is 9.24 Å². The summed E-state index contributed by atoms with van der Waals surface area (Å²) < 4.78 is 20.4. The van der Waals surface area contributed by atoms with Gasteiger partial charge in [0, 0.05) is 13.1 Å². The highest BCUT2D eigenvalue weighted by molar-refractivity contribution is 7.50. The van der Waals surface area contributed by atoms with E-state index >= 15 is 0 Å². The summed E-state index contributed by atoms with van der Waals surface area (Å²) in [6, 6.07) is 0. The van der Waals surface area contributed by atoms with E-state index in [1.54, 1.807) is 4.67 Å². The third kappa shape index (κ3) is 49.5. The lowest BCUT2D eigenvalue weighted by Gasteiger charge is -2.26. The Kier molecular flexibility index (Phi) is 53.8. The lowest BCUT2D eigenvalue weighted by molar-refractivity contribution is 0.197. The Bertz CT molecular complexity index is 800. The molecule has 4 nitrogen and oxygen atoms in total. The summed E-state index contributed by atoms with van der Waals surface area (Å²) in [5, 5.41) is 0. The van der Waals surface area contributed by atoms with Crippen LogP contribution in [-0.2, 0) is 9.09 Å². The monoisotopic (exact) mass is 896 g/mol. The molecule has 1 unspecified atom stereocenters. The highest BCUT2D eigenvalue weighted by atomic mass is 31.2. The summed E-state index contributed by atoms with van der Waals surface area (Å²) in [4.78, 5) is 10.7. The van der Waals surface area contributed by atoms with Crippen molar-refractivity contribution in [2.75, 3.05) is 19.7 Å². The molecule has 0 amide bonds. The van der Waals surface area contributed by atoms with Gasteiger partial charge >= 0.3 is 7.75 Å².